The Morgan fingerprint density at radius 3 is 2.60 bits per heavy atom. The maximum absolute atomic E-state index is 8.36. The zero-order valence-corrected chi connectivity index (χ0v) is 8.74. The highest BCUT2D eigenvalue weighted by molar-refractivity contribution is 4.76. The molecule has 7 heteroatoms. The van der Waals surface area contributed by atoms with Crippen molar-refractivity contribution in [2.75, 3.05) is 6.61 Å². The molecule has 0 saturated heterocycles. The van der Waals surface area contributed by atoms with Crippen LogP contribution in [0.1, 0.15) is 26.5 Å². The lowest BCUT2D eigenvalue weighted by molar-refractivity contribution is -0.742. The van der Waals surface area contributed by atoms with E-state index in [4.69, 9.17) is 20.1 Å². The van der Waals surface area contributed by atoms with Crippen molar-refractivity contribution in [3.05, 3.63) is 28.8 Å². The molecule has 0 bridgehead atoms. The predicted octanol–water partition coefficient (Wildman–Crippen LogP) is 1.48. The first-order chi connectivity index (χ1) is 7.11. The molecule has 1 aromatic rings. The van der Waals surface area contributed by atoms with Crippen LogP contribution in [0.4, 0.5) is 0 Å². The molecule has 86 valence electrons. The van der Waals surface area contributed by atoms with Crippen molar-refractivity contribution in [3.8, 4) is 0 Å². The summed E-state index contributed by atoms with van der Waals surface area (Å²) in [5.74, 6) is 0. The summed E-state index contributed by atoms with van der Waals surface area (Å²) in [4.78, 5) is 12.3. The lowest BCUT2D eigenvalue weighted by atomic mass is 10.4. The molecule has 1 rings (SSSR count). The van der Waals surface area contributed by atoms with E-state index in [-0.39, 0.29) is 6.23 Å². The summed E-state index contributed by atoms with van der Waals surface area (Å²) in [5.41, 5.74) is 0. The zero-order chi connectivity index (χ0) is 11.7. The van der Waals surface area contributed by atoms with E-state index in [1.54, 1.807) is 12.5 Å². The summed E-state index contributed by atoms with van der Waals surface area (Å²) in [6, 6.07) is 0. The van der Waals surface area contributed by atoms with Gasteiger partial charge in [0.1, 0.15) is 6.23 Å². The molecule has 7 nitrogen and oxygen atoms in total. The highest BCUT2D eigenvalue weighted by Crippen LogP contribution is 2.10. The first-order valence-corrected chi connectivity index (χ1v) is 4.54. The summed E-state index contributed by atoms with van der Waals surface area (Å²) in [6.07, 6.45) is 6.60. The standard InChI is InChI=1S/C8H14N2O.HNO3/c1-3-8(11-4-2)10-6-5-9-7-10;2-1(3)4/h5-8H,3-4H2,1-2H3;(H,2,3,4). The third-order valence-electron chi connectivity index (χ3n) is 1.57. The fourth-order valence-corrected chi connectivity index (χ4v) is 1.05. The SMILES string of the molecule is CCOC(CC)n1ccnc1.O=[N+]([O-])O. The van der Waals surface area contributed by atoms with Crippen LogP contribution in [0.3, 0.4) is 0 Å². The molecular weight excluding hydrogens is 202 g/mol. The number of rotatable bonds is 4. The smallest absolute Gasteiger partial charge is 0.291 e. The van der Waals surface area contributed by atoms with Crippen molar-refractivity contribution >= 4 is 0 Å². The third-order valence-corrected chi connectivity index (χ3v) is 1.57. The zero-order valence-electron chi connectivity index (χ0n) is 8.74. The number of ether oxygens (including phenoxy) is 1. The molecule has 0 amide bonds. The Hall–Kier alpha value is -1.63. The van der Waals surface area contributed by atoms with Crippen molar-refractivity contribution in [1.82, 2.24) is 9.55 Å². The number of hydrogen-bond donors (Lipinski definition) is 1. The summed E-state index contributed by atoms with van der Waals surface area (Å²) in [5, 5.41) is 13.6. The topological polar surface area (TPSA) is 90.4 Å². The minimum atomic E-state index is -1.50. The van der Waals surface area contributed by atoms with Gasteiger partial charge in [0.25, 0.3) is 5.09 Å². The average molecular weight is 217 g/mol. The average Bonchev–Trinajstić information content (AvgIpc) is 2.66. The Morgan fingerprint density at radius 1 is 1.67 bits per heavy atom. The van der Waals surface area contributed by atoms with Gasteiger partial charge < -0.3 is 14.5 Å². The van der Waals surface area contributed by atoms with Gasteiger partial charge in [-0.2, -0.15) is 0 Å². The minimum absolute atomic E-state index is 0.155. The molecule has 1 aromatic heterocycles. The van der Waals surface area contributed by atoms with E-state index in [2.05, 4.69) is 11.9 Å². The molecule has 0 aliphatic heterocycles. The molecular formula is C8H15N3O4. The molecule has 0 aromatic carbocycles. The van der Waals surface area contributed by atoms with Crippen LogP contribution >= 0.6 is 0 Å². The molecule has 0 spiro atoms. The lowest BCUT2D eigenvalue weighted by Gasteiger charge is -2.15. The molecule has 1 heterocycles. The van der Waals surface area contributed by atoms with Crippen LogP contribution in [0, 0.1) is 10.1 Å². The second-order valence-electron chi connectivity index (χ2n) is 2.57. The van der Waals surface area contributed by atoms with E-state index < -0.39 is 5.09 Å². The van der Waals surface area contributed by atoms with Gasteiger partial charge in [-0.15, -0.1) is 10.1 Å². The van der Waals surface area contributed by atoms with Gasteiger partial charge in [-0.05, 0) is 13.3 Å². The molecule has 1 atom stereocenters. The number of hydrogen-bond acceptors (Lipinski definition) is 4. The Bertz CT molecular complexity index is 259. The summed E-state index contributed by atoms with van der Waals surface area (Å²) in [6.45, 7) is 4.84. The maximum atomic E-state index is 8.36. The van der Waals surface area contributed by atoms with Crippen LogP contribution in [0.15, 0.2) is 18.7 Å². The first kappa shape index (κ1) is 13.4. The predicted molar refractivity (Wildman–Crippen MR) is 52.0 cm³/mol. The van der Waals surface area contributed by atoms with Crippen LogP contribution in [-0.2, 0) is 4.74 Å². The largest absolute Gasteiger partial charge is 0.358 e. The van der Waals surface area contributed by atoms with Gasteiger partial charge in [0.05, 0.1) is 6.33 Å². The van der Waals surface area contributed by atoms with E-state index in [9.17, 15) is 0 Å². The van der Waals surface area contributed by atoms with Crippen LogP contribution in [-0.4, -0.2) is 26.5 Å². The Kier molecular flexibility index (Phi) is 6.90. The molecule has 0 aliphatic carbocycles. The van der Waals surface area contributed by atoms with Gasteiger partial charge in [0.15, 0.2) is 0 Å². The van der Waals surface area contributed by atoms with Crippen LogP contribution < -0.4 is 0 Å². The number of aromatic nitrogens is 2. The molecule has 0 aliphatic rings. The molecule has 15 heavy (non-hydrogen) atoms. The minimum Gasteiger partial charge on any atom is -0.358 e. The molecule has 1 unspecified atom stereocenters. The van der Waals surface area contributed by atoms with Crippen molar-refractivity contribution in [1.29, 1.82) is 0 Å². The van der Waals surface area contributed by atoms with Gasteiger partial charge in [0.2, 0.25) is 0 Å². The van der Waals surface area contributed by atoms with Crippen molar-refractivity contribution in [2.24, 2.45) is 0 Å². The van der Waals surface area contributed by atoms with E-state index in [0.717, 1.165) is 13.0 Å². The van der Waals surface area contributed by atoms with Crippen molar-refractivity contribution < 1.29 is 15.0 Å². The first-order valence-electron chi connectivity index (χ1n) is 4.54. The highest BCUT2D eigenvalue weighted by atomic mass is 16.9. The number of nitrogens with zero attached hydrogens (tertiary/aromatic N) is 3. The summed E-state index contributed by atoms with van der Waals surface area (Å²) < 4.78 is 7.43. The van der Waals surface area contributed by atoms with E-state index in [0.29, 0.717) is 0 Å². The summed E-state index contributed by atoms with van der Waals surface area (Å²) >= 11 is 0. The summed E-state index contributed by atoms with van der Waals surface area (Å²) in [7, 11) is 0. The van der Waals surface area contributed by atoms with Crippen molar-refractivity contribution in [3.63, 3.8) is 0 Å². The quantitative estimate of drug-likeness (QED) is 0.609. The molecule has 0 fully saturated rings. The third kappa shape index (κ3) is 6.44. The normalized spacial score (nSPS) is 11.3. The molecule has 0 saturated carbocycles. The van der Waals surface area contributed by atoms with Gasteiger partial charge in [-0.25, -0.2) is 4.98 Å². The Balaban J connectivity index is 0.000000423. The maximum Gasteiger partial charge on any atom is 0.291 e. The number of imidazole rings is 1. The van der Waals surface area contributed by atoms with E-state index >= 15 is 0 Å². The fourth-order valence-electron chi connectivity index (χ4n) is 1.05. The monoisotopic (exact) mass is 217 g/mol. The second-order valence-corrected chi connectivity index (χ2v) is 2.57. The Morgan fingerprint density at radius 2 is 2.27 bits per heavy atom. The van der Waals surface area contributed by atoms with Gasteiger partial charge in [-0.1, -0.05) is 6.92 Å². The van der Waals surface area contributed by atoms with Crippen LogP contribution in [0.5, 0.6) is 0 Å². The molecule has 0 radical (unpaired) electrons. The van der Waals surface area contributed by atoms with Gasteiger partial charge in [0, 0.05) is 19.0 Å². The lowest BCUT2D eigenvalue weighted by Crippen LogP contribution is -2.09. The van der Waals surface area contributed by atoms with Crippen LogP contribution in [0.25, 0.3) is 0 Å². The van der Waals surface area contributed by atoms with E-state index in [1.807, 2.05) is 17.7 Å². The Labute approximate surface area is 87.4 Å². The van der Waals surface area contributed by atoms with Gasteiger partial charge in [-0.3, -0.25) is 0 Å². The highest BCUT2D eigenvalue weighted by Gasteiger charge is 2.04. The van der Waals surface area contributed by atoms with Gasteiger partial charge >= 0.3 is 0 Å². The fraction of sp³-hybridized carbons (Fsp3) is 0.625. The second kappa shape index (κ2) is 7.74. The van der Waals surface area contributed by atoms with Crippen molar-refractivity contribution in [2.45, 2.75) is 26.5 Å². The molecule has 1 N–H and O–H groups in total. The van der Waals surface area contributed by atoms with E-state index in [1.165, 1.54) is 0 Å². The van der Waals surface area contributed by atoms with Crippen LogP contribution in [0.2, 0.25) is 0 Å².